The maximum Gasteiger partial charge on any atom is 0.0812 e. The second-order valence-electron chi connectivity index (χ2n) is 7.04. The predicted molar refractivity (Wildman–Crippen MR) is 90.0 cm³/mol. The molecule has 0 fully saturated rings. The molecule has 2 aromatic rings. The van der Waals surface area contributed by atoms with Crippen LogP contribution in [0.4, 0.5) is 0 Å². The van der Waals surface area contributed by atoms with Gasteiger partial charge in [0.05, 0.1) is 11.8 Å². The average Bonchev–Trinajstić information content (AvgIpc) is 2.68. The fraction of sp³-hybridized carbons (Fsp3) is 0.444. The van der Waals surface area contributed by atoms with E-state index in [0.717, 1.165) is 22.9 Å². The normalized spacial score (nSPS) is 20.4. The number of aliphatic hydroxyl groups is 1. The molecule has 0 saturated carbocycles. The molecule has 1 N–H and O–H groups in total. The monoisotopic (exact) mass is 347 g/mol. The summed E-state index contributed by atoms with van der Waals surface area (Å²) in [6.45, 7) is 8.70. The highest BCUT2D eigenvalue weighted by Gasteiger charge is 2.34. The van der Waals surface area contributed by atoms with E-state index in [1.165, 1.54) is 22.6 Å². The van der Waals surface area contributed by atoms with Crippen LogP contribution in [0.3, 0.4) is 0 Å². The highest BCUT2D eigenvalue weighted by Crippen LogP contribution is 2.43. The van der Waals surface area contributed by atoms with Crippen molar-refractivity contribution in [3.05, 3.63) is 51.3 Å². The van der Waals surface area contributed by atoms with Gasteiger partial charge in [-0.15, -0.1) is 0 Å². The van der Waals surface area contributed by atoms with Crippen molar-refractivity contribution in [2.75, 3.05) is 0 Å². The summed E-state index contributed by atoms with van der Waals surface area (Å²) < 4.78 is 3.39. The lowest BCUT2D eigenvalue weighted by molar-refractivity contribution is 0.0987. The second kappa shape index (κ2) is 4.99. The Kier molecular flexibility index (Phi) is 3.53. The van der Waals surface area contributed by atoms with Gasteiger partial charge in [0.1, 0.15) is 0 Å². The predicted octanol–water partition coefficient (Wildman–Crippen LogP) is 4.86. The van der Waals surface area contributed by atoms with Gasteiger partial charge in [-0.05, 0) is 71.8 Å². The molecule has 2 nitrogen and oxygen atoms in total. The third-order valence-electron chi connectivity index (χ3n) is 4.41. The van der Waals surface area contributed by atoms with E-state index in [4.69, 9.17) is 0 Å². The highest BCUT2D eigenvalue weighted by atomic mass is 79.9. The van der Waals surface area contributed by atoms with Crippen molar-refractivity contribution in [3.63, 3.8) is 0 Å². The van der Waals surface area contributed by atoms with Crippen LogP contribution in [0.5, 0.6) is 0 Å². The summed E-state index contributed by atoms with van der Waals surface area (Å²) >= 11 is 3.67. The van der Waals surface area contributed by atoms with E-state index in [2.05, 4.69) is 72.5 Å². The average molecular weight is 348 g/mol. The second-order valence-corrected chi connectivity index (χ2v) is 7.89. The summed E-state index contributed by atoms with van der Waals surface area (Å²) in [4.78, 5) is 0. The van der Waals surface area contributed by atoms with Crippen LogP contribution >= 0.6 is 15.9 Å². The molecule has 0 amide bonds. The molecule has 1 atom stereocenters. The summed E-state index contributed by atoms with van der Waals surface area (Å²) in [5.74, 6) is 0. The van der Waals surface area contributed by atoms with Crippen LogP contribution in [0.15, 0.2) is 28.7 Å². The molecule has 1 unspecified atom stereocenters. The maximum atomic E-state index is 10.5. The molecule has 3 rings (SSSR count). The first-order valence-corrected chi connectivity index (χ1v) is 8.23. The Morgan fingerprint density at radius 3 is 2.67 bits per heavy atom. The van der Waals surface area contributed by atoms with E-state index >= 15 is 0 Å². The van der Waals surface area contributed by atoms with Gasteiger partial charge in [0.15, 0.2) is 0 Å². The van der Waals surface area contributed by atoms with E-state index in [-0.39, 0.29) is 11.5 Å². The zero-order valence-corrected chi connectivity index (χ0v) is 14.7. The number of aromatic nitrogens is 1. The largest absolute Gasteiger partial charge is 0.388 e. The number of halogens is 1. The van der Waals surface area contributed by atoms with Crippen LogP contribution in [-0.2, 0) is 6.42 Å². The van der Waals surface area contributed by atoms with E-state index in [9.17, 15) is 5.11 Å². The molecule has 1 aliphatic carbocycles. The summed E-state index contributed by atoms with van der Waals surface area (Å²) in [6.07, 6.45) is 1.47. The van der Waals surface area contributed by atoms with Crippen LogP contribution in [0.2, 0.25) is 0 Å². The molecule has 1 aliphatic rings. The molecule has 3 heteroatoms. The molecule has 1 aromatic carbocycles. The van der Waals surface area contributed by atoms with Crippen LogP contribution in [0.25, 0.3) is 5.69 Å². The summed E-state index contributed by atoms with van der Waals surface area (Å²) in [7, 11) is 0. The molecule has 0 saturated heterocycles. The van der Waals surface area contributed by atoms with Crippen molar-refractivity contribution in [2.45, 2.75) is 46.6 Å². The van der Waals surface area contributed by atoms with Crippen LogP contribution < -0.4 is 0 Å². The van der Waals surface area contributed by atoms with Crippen molar-refractivity contribution in [2.24, 2.45) is 5.41 Å². The fourth-order valence-electron chi connectivity index (χ4n) is 3.47. The number of hydrogen-bond acceptors (Lipinski definition) is 1. The van der Waals surface area contributed by atoms with E-state index < -0.39 is 0 Å². The number of aliphatic hydroxyl groups excluding tert-OH is 1. The number of aryl methyl sites for hydroxylation is 2. The first-order chi connectivity index (χ1) is 9.78. The van der Waals surface area contributed by atoms with Gasteiger partial charge in [0, 0.05) is 21.4 Å². The molecule has 1 aromatic heterocycles. The minimum absolute atomic E-state index is 0.130. The van der Waals surface area contributed by atoms with Gasteiger partial charge in [0.25, 0.3) is 0 Å². The highest BCUT2D eigenvalue weighted by molar-refractivity contribution is 9.10. The van der Waals surface area contributed by atoms with Gasteiger partial charge >= 0.3 is 0 Å². The Hall–Kier alpha value is -1.06. The summed E-state index contributed by atoms with van der Waals surface area (Å²) in [6, 6.07) is 8.55. The van der Waals surface area contributed by atoms with Gasteiger partial charge in [-0.1, -0.05) is 19.9 Å². The van der Waals surface area contributed by atoms with Crippen LogP contribution in [0.1, 0.15) is 48.9 Å². The van der Waals surface area contributed by atoms with Crippen molar-refractivity contribution in [1.82, 2.24) is 4.57 Å². The Morgan fingerprint density at radius 2 is 1.95 bits per heavy atom. The lowest BCUT2D eigenvalue weighted by Gasteiger charge is -2.34. The minimum Gasteiger partial charge on any atom is -0.388 e. The standard InChI is InChI=1S/C18H22BrNO/c1-11-5-6-14(19)15(7-11)20-12(2)8-13-16(20)9-18(3,4)10-17(13)21/h5-8,17,21H,9-10H2,1-4H3. The smallest absolute Gasteiger partial charge is 0.0812 e. The zero-order valence-electron chi connectivity index (χ0n) is 13.1. The Bertz CT molecular complexity index is 699. The molecule has 112 valence electrons. The Morgan fingerprint density at radius 1 is 1.24 bits per heavy atom. The lowest BCUT2D eigenvalue weighted by Crippen LogP contribution is -2.26. The van der Waals surface area contributed by atoms with Crippen molar-refractivity contribution in [3.8, 4) is 5.69 Å². The molecule has 0 radical (unpaired) electrons. The fourth-order valence-corrected chi connectivity index (χ4v) is 3.90. The van der Waals surface area contributed by atoms with E-state index in [0.29, 0.717) is 0 Å². The first kappa shape index (κ1) is 14.9. The molecular weight excluding hydrogens is 326 g/mol. The third-order valence-corrected chi connectivity index (χ3v) is 5.08. The molecule has 0 spiro atoms. The molecule has 21 heavy (non-hydrogen) atoms. The van der Waals surface area contributed by atoms with Gasteiger partial charge < -0.3 is 9.67 Å². The number of rotatable bonds is 1. The van der Waals surface area contributed by atoms with E-state index in [1.807, 2.05) is 0 Å². The number of benzene rings is 1. The topological polar surface area (TPSA) is 25.2 Å². The van der Waals surface area contributed by atoms with Crippen molar-refractivity contribution >= 4 is 15.9 Å². The quantitative estimate of drug-likeness (QED) is 0.782. The zero-order chi connectivity index (χ0) is 15.4. The summed E-state index contributed by atoms with van der Waals surface area (Å²) in [5, 5.41) is 10.5. The summed E-state index contributed by atoms with van der Waals surface area (Å²) in [5.41, 5.74) is 6.07. The third kappa shape index (κ3) is 2.58. The van der Waals surface area contributed by atoms with Gasteiger partial charge in [0.2, 0.25) is 0 Å². The van der Waals surface area contributed by atoms with Crippen molar-refractivity contribution in [1.29, 1.82) is 0 Å². The van der Waals surface area contributed by atoms with Crippen molar-refractivity contribution < 1.29 is 5.11 Å². The molecular formula is C18H22BrNO. The molecule has 0 aliphatic heterocycles. The van der Waals surface area contributed by atoms with Crippen LogP contribution in [0, 0.1) is 19.3 Å². The first-order valence-electron chi connectivity index (χ1n) is 7.44. The lowest BCUT2D eigenvalue weighted by atomic mass is 9.75. The number of fused-ring (bicyclic) bond motifs is 1. The van der Waals surface area contributed by atoms with Crippen LogP contribution in [-0.4, -0.2) is 9.67 Å². The molecule has 0 bridgehead atoms. The minimum atomic E-state index is -0.354. The number of hydrogen-bond donors (Lipinski definition) is 1. The maximum absolute atomic E-state index is 10.5. The molecule has 1 heterocycles. The number of nitrogens with zero attached hydrogens (tertiary/aromatic N) is 1. The van der Waals surface area contributed by atoms with Gasteiger partial charge in [-0.25, -0.2) is 0 Å². The Labute approximate surface area is 134 Å². The van der Waals surface area contributed by atoms with E-state index in [1.54, 1.807) is 0 Å². The van der Waals surface area contributed by atoms with Gasteiger partial charge in [-0.3, -0.25) is 0 Å². The van der Waals surface area contributed by atoms with Gasteiger partial charge in [-0.2, -0.15) is 0 Å². The Balaban J connectivity index is 2.23. The SMILES string of the molecule is Cc1ccc(Br)c(-n2c(C)cc3c2CC(C)(C)CC3O)c1.